The molecule has 1 saturated heterocycles. The second kappa shape index (κ2) is 6.90. The molecule has 2 heterocycles. The largest absolute Gasteiger partial charge is 0.377 e. The van der Waals surface area contributed by atoms with E-state index in [1.807, 2.05) is 13.8 Å². The minimum absolute atomic E-state index is 0.0765. The van der Waals surface area contributed by atoms with Gasteiger partial charge in [0.15, 0.2) is 0 Å². The van der Waals surface area contributed by atoms with E-state index in [0.29, 0.717) is 16.1 Å². The summed E-state index contributed by atoms with van der Waals surface area (Å²) in [6.45, 7) is 5.56. The molecule has 6 nitrogen and oxygen atoms in total. The quantitative estimate of drug-likeness (QED) is 0.642. The number of hydrogen-bond acceptors (Lipinski definition) is 6. The minimum Gasteiger partial charge on any atom is -0.377 e. The highest BCUT2D eigenvalue weighted by molar-refractivity contribution is 7.99. The van der Waals surface area contributed by atoms with Crippen LogP contribution < -0.4 is 5.32 Å². The number of ether oxygens (including phenoxy) is 1. The van der Waals surface area contributed by atoms with Crippen LogP contribution in [-0.4, -0.2) is 34.4 Å². The van der Waals surface area contributed by atoms with Crippen LogP contribution in [0, 0.1) is 10.1 Å². The van der Waals surface area contributed by atoms with Gasteiger partial charge in [0.25, 0.3) is 5.69 Å². The van der Waals surface area contributed by atoms with E-state index in [-0.39, 0.29) is 16.7 Å². The monoisotopic (exact) mass is 297 g/mol. The van der Waals surface area contributed by atoms with Gasteiger partial charge in [0.2, 0.25) is 0 Å². The Morgan fingerprint density at radius 1 is 1.60 bits per heavy atom. The van der Waals surface area contributed by atoms with Crippen LogP contribution in [0.25, 0.3) is 0 Å². The van der Waals surface area contributed by atoms with Crippen LogP contribution in [0.4, 0.5) is 11.5 Å². The lowest BCUT2D eigenvalue weighted by atomic mass is 10.3. The number of pyridine rings is 1. The van der Waals surface area contributed by atoms with Crippen molar-refractivity contribution in [2.75, 3.05) is 18.5 Å². The molecule has 1 aliphatic rings. The Labute approximate surface area is 122 Å². The molecule has 0 radical (unpaired) electrons. The van der Waals surface area contributed by atoms with Gasteiger partial charge in [-0.25, -0.2) is 4.98 Å². The van der Waals surface area contributed by atoms with Gasteiger partial charge in [0, 0.05) is 24.5 Å². The molecule has 7 heteroatoms. The van der Waals surface area contributed by atoms with Gasteiger partial charge < -0.3 is 10.1 Å². The molecule has 0 saturated carbocycles. The molecule has 0 bridgehead atoms. The van der Waals surface area contributed by atoms with Crippen molar-refractivity contribution in [3.63, 3.8) is 0 Å². The third-order valence-electron chi connectivity index (χ3n) is 3.13. The zero-order chi connectivity index (χ0) is 14.5. The van der Waals surface area contributed by atoms with Crippen molar-refractivity contribution in [1.29, 1.82) is 0 Å². The summed E-state index contributed by atoms with van der Waals surface area (Å²) in [4.78, 5) is 15.1. The maximum atomic E-state index is 11.0. The van der Waals surface area contributed by atoms with Crippen molar-refractivity contribution < 1.29 is 9.66 Å². The highest BCUT2D eigenvalue weighted by Crippen LogP contribution is 2.33. The average molecular weight is 297 g/mol. The smallest absolute Gasteiger partial charge is 0.275 e. The molecule has 1 fully saturated rings. The Kier molecular flexibility index (Phi) is 5.19. The molecular weight excluding hydrogens is 278 g/mol. The van der Waals surface area contributed by atoms with E-state index < -0.39 is 0 Å². The summed E-state index contributed by atoms with van der Waals surface area (Å²) >= 11 is 1.56. The molecule has 2 unspecified atom stereocenters. The van der Waals surface area contributed by atoms with E-state index in [2.05, 4.69) is 10.3 Å². The van der Waals surface area contributed by atoms with Crippen molar-refractivity contribution in [1.82, 2.24) is 4.98 Å². The predicted molar refractivity (Wildman–Crippen MR) is 79.3 cm³/mol. The summed E-state index contributed by atoms with van der Waals surface area (Å²) in [6, 6.07) is 3.02. The lowest BCUT2D eigenvalue weighted by Gasteiger charge is -2.13. The first-order valence-electron chi connectivity index (χ1n) is 6.78. The third-order valence-corrected chi connectivity index (χ3v) is 4.50. The second-order valence-electron chi connectivity index (χ2n) is 4.75. The van der Waals surface area contributed by atoms with Gasteiger partial charge >= 0.3 is 0 Å². The minimum atomic E-state index is -0.378. The van der Waals surface area contributed by atoms with Crippen molar-refractivity contribution in [3.05, 3.63) is 22.2 Å². The van der Waals surface area contributed by atoms with Crippen molar-refractivity contribution in [2.24, 2.45) is 0 Å². The summed E-state index contributed by atoms with van der Waals surface area (Å²) in [5.41, 5.74) is 0.0765. The first-order valence-corrected chi connectivity index (χ1v) is 7.66. The van der Waals surface area contributed by atoms with E-state index in [0.717, 1.165) is 26.0 Å². The van der Waals surface area contributed by atoms with Crippen LogP contribution in [0.5, 0.6) is 0 Å². The van der Waals surface area contributed by atoms with Gasteiger partial charge in [-0.3, -0.25) is 10.1 Å². The lowest BCUT2D eigenvalue weighted by molar-refractivity contribution is -0.385. The molecule has 1 aliphatic heterocycles. The molecule has 1 aromatic rings. The zero-order valence-electron chi connectivity index (χ0n) is 11.7. The molecule has 110 valence electrons. The molecule has 20 heavy (non-hydrogen) atoms. The van der Waals surface area contributed by atoms with Crippen molar-refractivity contribution >= 4 is 23.3 Å². The van der Waals surface area contributed by atoms with E-state index >= 15 is 0 Å². The molecule has 0 aliphatic carbocycles. The number of hydrogen-bond donors (Lipinski definition) is 1. The van der Waals surface area contributed by atoms with Crippen LogP contribution in [-0.2, 0) is 4.74 Å². The van der Waals surface area contributed by atoms with Crippen LogP contribution in [0.3, 0.4) is 0 Å². The maximum absolute atomic E-state index is 11.0. The summed E-state index contributed by atoms with van der Waals surface area (Å²) in [6.07, 6.45) is 2.06. The molecule has 1 aromatic heterocycles. The van der Waals surface area contributed by atoms with Crippen LogP contribution in [0.15, 0.2) is 17.2 Å². The van der Waals surface area contributed by atoms with Gasteiger partial charge in [-0.05, 0) is 19.8 Å². The fraction of sp³-hybridized carbons (Fsp3) is 0.615. The standard InChI is InChI=1S/C13H19N3O3S/c1-3-5-14-12-7-10(16(17)18)8-13(15-12)20-11-4-6-19-9(11)2/h7-9,11H,3-6H2,1-2H3,(H,14,15). The number of aromatic nitrogens is 1. The normalized spacial score (nSPS) is 21.9. The van der Waals surface area contributed by atoms with E-state index in [1.54, 1.807) is 11.8 Å². The molecule has 0 spiro atoms. The highest BCUT2D eigenvalue weighted by atomic mass is 32.2. The predicted octanol–water partition coefficient (Wildman–Crippen LogP) is 3.08. The van der Waals surface area contributed by atoms with Crippen LogP contribution in [0.1, 0.15) is 26.7 Å². The van der Waals surface area contributed by atoms with Gasteiger partial charge in [-0.15, -0.1) is 0 Å². The van der Waals surface area contributed by atoms with Crippen LogP contribution >= 0.6 is 11.8 Å². The molecule has 0 aromatic carbocycles. The Morgan fingerprint density at radius 3 is 3.00 bits per heavy atom. The van der Waals surface area contributed by atoms with Gasteiger partial charge in [-0.1, -0.05) is 18.7 Å². The number of nitro groups is 1. The van der Waals surface area contributed by atoms with Gasteiger partial charge in [0.05, 0.1) is 17.1 Å². The van der Waals surface area contributed by atoms with Crippen molar-refractivity contribution in [3.8, 4) is 0 Å². The highest BCUT2D eigenvalue weighted by Gasteiger charge is 2.26. The molecule has 2 atom stereocenters. The Bertz CT molecular complexity index is 484. The SMILES string of the molecule is CCCNc1cc([N+](=O)[O-])cc(SC2CCOC2C)n1. The topological polar surface area (TPSA) is 77.3 Å². The van der Waals surface area contributed by atoms with Gasteiger partial charge in [-0.2, -0.15) is 0 Å². The van der Waals surface area contributed by atoms with Gasteiger partial charge in [0.1, 0.15) is 10.8 Å². The van der Waals surface area contributed by atoms with Crippen LogP contribution in [0.2, 0.25) is 0 Å². The molecular formula is C13H19N3O3S. The first-order chi connectivity index (χ1) is 9.60. The molecule has 0 amide bonds. The molecule has 2 rings (SSSR count). The summed E-state index contributed by atoms with van der Waals surface area (Å²) in [5.74, 6) is 0.565. The number of nitrogens with zero attached hydrogens (tertiary/aromatic N) is 2. The van der Waals surface area contributed by atoms with E-state index in [4.69, 9.17) is 4.74 Å². The number of anilines is 1. The number of rotatable bonds is 6. The second-order valence-corrected chi connectivity index (χ2v) is 6.01. The van der Waals surface area contributed by atoms with Crippen molar-refractivity contribution in [2.45, 2.75) is 43.1 Å². The summed E-state index contributed by atoms with van der Waals surface area (Å²) < 4.78 is 5.51. The van der Waals surface area contributed by atoms with E-state index in [1.165, 1.54) is 12.1 Å². The molecule has 1 N–H and O–H groups in total. The zero-order valence-corrected chi connectivity index (χ0v) is 12.5. The van der Waals surface area contributed by atoms with E-state index in [9.17, 15) is 10.1 Å². The Morgan fingerprint density at radius 2 is 2.40 bits per heavy atom. The maximum Gasteiger partial charge on any atom is 0.275 e. The fourth-order valence-electron chi connectivity index (χ4n) is 2.02. The third kappa shape index (κ3) is 3.83. The fourth-order valence-corrected chi connectivity index (χ4v) is 3.16. The lowest BCUT2D eigenvalue weighted by Crippen LogP contribution is -2.13. The number of nitrogens with one attached hydrogen (secondary N) is 1. The Balaban J connectivity index is 2.17. The average Bonchev–Trinajstić information content (AvgIpc) is 2.81. The Hall–Kier alpha value is -1.34. The first kappa shape index (κ1) is 15.1. The number of thioether (sulfide) groups is 1. The summed E-state index contributed by atoms with van der Waals surface area (Å²) in [7, 11) is 0. The summed E-state index contributed by atoms with van der Waals surface area (Å²) in [5, 5.41) is 15.1.